The van der Waals surface area contributed by atoms with Crippen molar-refractivity contribution in [2.45, 2.75) is 6.92 Å². The predicted molar refractivity (Wildman–Crippen MR) is 95.7 cm³/mol. The van der Waals surface area contributed by atoms with Gasteiger partial charge in [-0.15, -0.1) is 0 Å². The topological polar surface area (TPSA) is 23.6 Å². The molecule has 0 aromatic heterocycles. The third-order valence-corrected chi connectivity index (χ3v) is 5.05. The highest BCUT2D eigenvalue weighted by atomic mass is 35.5. The van der Waals surface area contributed by atoms with E-state index in [1.807, 2.05) is 25.1 Å². The molecule has 0 unspecified atom stereocenters. The largest absolute Gasteiger partial charge is 0.368 e. The zero-order valence-corrected chi connectivity index (χ0v) is 14.7. The van der Waals surface area contributed by atoms with Crippen LogP contribution >= 0.6 is 23.2 Å². The number of halogens is 3. The molecule has 24 heavy (non-hydrogen) atoms. The Labute approximate surface area is 150 Å². The van der Waals surface area contributed by atoms with Crippen LogP contribution in [-0.4, -0.2) is 37.0 Å². The Kier molecular flexibility index (Phi) is 4.97. The summed E-state index contributed by atoms with van der Waals surface area (Å²) in [4.78, 5) is 16.4. The van der Waals surface area contributed by atoms with Gasteiger partial charge in [-0.2, -0.15) is 0 Å². The van der Waals surface area contributed by atoms with Crippen LogP contribution in [0.5, 0.6) is 0 Å². The van der Waals surface area contributed by atoms with E-state index in [-0.39, 0.29) is 16.5 Å². The first kappa shape index (κ1) is 17.1. The lowest BCUT2D eigenvalue weighted by Gasteiger charge is -2.37. The number of nitrogens with zero attached hydrogens (tertiary/aromatic N) is 2. The minimum atomic E-state index is -0.583. The maximum absolute atomic E-state index is 13.9. The molecular weight excluding hydrogens is 350 g/mol. The van der Waals surface area contributed by atoms with E-state index < -0.39 is 5.82 Å². The number of carbonyl (C=O) groups is 1. The molecule has 126 valence electrons. The molecule has 1 fully saturated rings. The van der Waals surface area contributed by atoms with Crippen molar-refractivity contribution >= 4 is 34.8 Å². The van der Waals surface area contributed by atoms with E-state index in [0.717, 1.165) is 16.3 Å². The number of benzene rings is 2. The summed E-state index contributed by atoms with van der Waals surface area (Å²) in [6.07, 6.45) is 0. The predicted octanol–water partition coefficient (Wildman–Crippen LogP) is 4.40. The highest BCUT2D eigenvalue weighted by Crippen LogP contribution is 2.28. The first-order chi connectivity index (χ1) is 11.5. The quantitative estimate of drug-likeness (QED) is 0.785. The molecule has 1 amide bonds. The van der Waals surface area contributed by atoms with E-state index in [2.05, 4.69) is 4.90 Å². The Morgan fingerprint density at radius 3 is 2.29 bits per heavy atom. The van der Waals surface area contributed by atoms with Gasteiger partial charge in [-0.1, -0.05) is 35.3 Å². The fraction of sp³-hybridized carbons (Fsp3) is 0.278. The summed E-state index contributed by atoms with van der Waals surface area (Å²) >= 11 is 12.2. The molecule has 3 nitrogen and oxygen atoms in total. The second-order valence-electron chi connectivity index (χ2n) is 5.76. The van der Waals surface area contributed by atoms with Gasteiger partial charge in [-0.25, -0.2) is 4.39 Å². The van der Waals surface area contributed by atoms with Crippen molar-refractivity contribution in [2.24, 2.45) is 0 Å². The standard InChI is InChI=1S/C18H17Cl2FN2O/c1-12-13(19)4-3-7-16(12)22-8-10-23(11-9-22)18(24)17-14(20)5-2-6-15(17)21/h2-7H,8-11H2,1H3. The number of amides is 1. The number of carbonyl (C=O) groups excluding carboxylic acids is 1. The van der Waals surface area contributed by atoms with Crippen LogP contribution in [0.2, 0.25) is 10.0 Å². The molecule has 1 aliphatic rings. The summed E-state index contributed by atoms with van der Waals surface area (Å²) < 4.78 is 13.9. The summed E-state index contributed by atoms with van der Waals surface area (Å²) in [6, 6.07) is 10.1. The summed E-state index contributed by atoms with van der Waals surface area (Å²) in [7, 11) is 0. The Bertz CT molecular complexity index is 753. The van der Waals surface area contributed by atoms with Crippen molar-refractivity contribution in [1.29, 1.82) is 0 Å². The number of anilines is 1. The molecular formula is C18H17Cl2FN2O. The molecule has 1 aliphatic heterocycles. The summed E-state index contributed by atoms with van der Waals surface area (Å²) in [6.45, 7) is 4.33. The minimum Gasteiger partial charge on any atom is -0.368 e. The second-order valence-corrected chi connectivity index (χ2v) is 6.57. The molecule has 0 spiro atoms. The fourth-order valence-electron chi connectivity index (χ4n) is 2.95. The maximum Gasteiger partial charge on any atom is 0.258 e. The summed E-state index contributed by atoms with van der Waals surface area (Å²) in [5.74, 6) is -0.943. The summed E-state index contributed by atoms with van der Waals surface area (Å²) in [5.41, 5.74) is 2.04. The van der Waals surface area contributed by atoms with E-state index in [1.165, 1.54) is 18.2 Å². The lowest BCUT2D eigenvalue weighted by Crippen LogP contribution is -2.49. The van der Waals surface area contributed by atoms with Crippen molar-refractivity contribution in [3.63, 3.8) is 0 Å². The van der Waals surface area contributed by atoms with Gasteiger partial charge in [0, 0.05) is 36.9 Å². The number of rotatable bonds is 2. The third kappa shape index (κ3) is 3.21. The van der Waals surface area contributed by atoms with Crippen LogP contribution in [0.25, 0.3) is 0 Å². The number of hydrogen-bond acceptors (Lipinski definition) is 2. The smallest absolute Gasteiger partial charge is 0.258 e. The normalized spacial score (nSPS) is 14.8. The molecule has 0 bridgehead atoms. The molecule has 1 saturated heterocycles. The summed E-state index contributed by atoms with van der Waals surface area (Å²) in [5, 5.41) is 0.872. The molecule has 0 aliphatic carbocycles. The van der Waals surface area contributed by atoms with Gasteiger partial charge in [0.1, 0.15) is 5.82 Å². The van der Waals surface area contributed by atoms with Gasteiger partial charge in [0.05, 0.1) is 10.6 Å². The Hall–Kier alpha value is -1.78. The number of piperazine rings is 1. The van der Waals surface area contributed by atoms with Gasteiger partial charge >= 0.3 is 0 Å². The SMILES string of the molecule is Cc1c(Cl)cccc1N1CCN(C(=O)c2c(F)cccc2Cl)CC1. The van der Waals surface area contributed by atoms with E-state index in [1.54, 1.807) is 4.90 Å². The number of hydrogen-bond donors (Lipinski definition) is 0. The molecule has 0 N–H and O–H groups in total. The molecule has 6 heteroatoms. The molecule has 0 radical (unpaired) electrons. The zero-order chi connectivity index (χ0) is 17.3. The van der Waals surface area contributed by atoms with Gasteiger partial charge in [-0.3, -0.25) is 4.79 Å². The van der Waals surface area contributed by atoms with Crippen molar-refractivity contribution < 1.29 is 9.18 Å². The van der Waals surface area contributed by atoms with Gasteiger partial charge in [0.15, 0.2) is 0 Å². The van der Waals surface area contributed by atoms with Crippen LogP contribution in [-0.2, 0) is 0 Å². The van der Waals surface area contributed by atoms with Gasteiger partial charge in [-0.05, 0) is 36.8 Å². The lowest BCUT2D eigenvalue weighted by atomic mass is 10.1. The second kappa shape index (κ2) is 6.99. The first-order valence-corrected chi connectivity index (χ1v) is 8.48. The van der Waals surface area contributed by atoms with Crippen LogP contribution in [0.15, 0.2) is 36.4 Å². The van der Waals surface area contributed by atoms with E-state index in [0.29, 0.717) is 26.2 Å². The van der Waals surface area contributed by atoms with E-state index in [9.17, 15) is 9.18 Å². The lowest BCUT2D eigenvalue weighted by molar-refractivity contribution is 0.0742. The van der Waals surface area contributed by atoms with Crippen LogP contribution in [0.3, 0.4) is 0 Å². The molecule has 3 rings (SSSR count). The first-order valence-electron chi connectivity index (χ1n) is 7.72. The average molecular weight is 367 g/mol. The minimum absolute atomic E-state index is 0.0495. The monoisotopic (exact) mass is 366 g/mol. The van der Waals surface area contributed by atoms with Crippen molar-refractivity contribution in [3.8, 4) is 0 Å². The molecule has 1 heterocycles. The zero-order valence-electron chi connectivity index (χ0n) is 13.2. The molecule has 0 saturated carbocycles. The Morgan fingerprint density at radius 2 is 1.62 bits per heavy atom. The molecule has 0 atom stereocenters. The Morgan fingerprint density at radius 1 is 1.00 bits per heavy atom. The molecule has 2 aromatic rings. The fourth-order valence-corrected chi connectivity index (χ4v) is 3.36. The van der Waals surface area contributed by atoms with Crippen LogP contribution in [0.4, 0.5) is 10.1 Å². The van der Waals surface area contributed by atoms with Gasteiger partial charge in [0.2, 0.25) is 0 Å². The maximum atomic E-state index is 13.9. The average Bonchev–Trinajstić information content (AvgIpc) is 2.57. The van der Waals surface area contributed by atoms with Crippen molar-refractivity contribution in [1.82, 2.24) is 4.90 Å². The van der Waals surface area contributed by atoms with Crippen LogP contribution in [0.1, 0.15) is 15.9 Å². The van der Waals surface area contributed by atoms with Gasteiger partial charge < -0.3 is 9.80 Å². The highest BCUT2D eigenvalue weighted by molar-refractivity contribution is 6.33. The van der Waals surface area contributed by atoms with Crippen LogP contribution < -0.4 is 4.90 Å². The van der Waals surface area contributed by atoms with Crippen LogP contribution in [0, 0.1) is 12.7 Å². The molecule has 2 aromatic carbocycles. The van der Waals surface area contributed by atoms with Gasteiger partial charge in [0.25, 0.3) is 5.91 Å². The van der Waals surface area contributed by atoms with Crippen molar-refractivity contribution in [3.05, 3.63) is 63.4 Å². The van der Waals surface area contributed by atoms with E-state index >= 15 is 0 Å². The highest BCUT2D eigenvalue weighted by Gasteiger charge is 2.26. The van der Waals surface area contributed by atoms with E-state index in [4.69, 9.17) is 23.2 Å². The van der Waals surface area contributed by atoms with Crippen molar-refractivity contribution in [2.75, 3.05) is 31.1 Å². The third-order valence-electron chi connectivity index (χ3n) is 4.32. The Balaban J connectivity index is 1.73.